The molecular formula is C22H24N4O3. The van der Waals surface area contributed by atoms with E-state index in [1.165, 1.54) is 0 Å². The number of aromatic nitrogens is 3. The molecule has 7 nitrogen and oxygen atoms in total. The topological polar surface area (TPSA) is 85.3 Å². The maximum absolute atomic E-state index is 10.2. The molecule has 5 rings (SSSR count). The van der Waals surface area contributed by atoms with Crippen molar-refractivity contribution in [1.29, 1.82) is 0 Å². The van der Waals surface area contributed by atoms with Gasteiger partial charge in [-0.3, -0.25) is 0 Å². The van der Waals surface area contributed by atoms with Gasteiger partial charge in [-0.2, -0.15) is 4.98 Å². The summed E-state index contributed by atoms with van der Waals surface area (Å²) in [6, 6.07) is 12.4. The number of rotatable bonds is 5. The standard InChI is InChI=1S/C22H24N4O3/c1-28-15-7-9-16-19(11-15)26(13-23-16)12-14-6-8-18-21(10-14)29-22(25-18)24-17-4-2-3-5-20(17)27/h6-11,13,17,20,27H,2-5,12H2,1H3,(H,24,25). The van der Waals surface area contributed by atoms with Gasteiger partial charge in [-0.05, 0) is 42.7 Å². The van der Waals surface area contributed by atoms with Crippen molar-refractivity contribution in [3.63, 3.8) is 0 Å². The van der Waals surface area contributed by atoms with E-state index < -0.39 is 0 Å². The van der Waals surface area contributed by atoms with Gasteiger partial charge in [-0.1, -0.05) is 18.9 Å². The Balaban J connectivity index is 1.39. The van der Waals surface area contributed by atoms with Gasteiger partial charge < -0.3 is 24.1 Å². The van der Waals surface area contributed by atoms with Gasteiger partial charge in [0.25, 0.3) is 6.01 Å². The van der Waals surface area contributed by atoms with Crippen LogP contribution in [0.4, 0.5) is 6.01 Å². The summed E-state index contributed by atoms with van der Waals surface area (Å²) in [5, 5.41) is 13.4. The predicted octanol–water partition coefficient (Wildman–Crippen LogP) is 3.95. The summed E-state index contributed by atoms with van der Waals surface area (Å²) in [4.78, 5) is 8.99. The van der Waals surface area contributed by atoms with Crippen LogP contribution < -0.4 is 10.1 Å². The Bertz CT molecular complexity index is 1150. The van der Waals surface area contributed by atoms with Crippen LogP contribution in [-0.4, -0.2) is 38.9 Å². The van der Waals surface area contributed by atoms with E-state index in [1.807, 2.05) is 36.7 Å². The first-order valence-corrected chi connectivity index (χ1v) is 10.0. The molecule has 1 aliphatic rings. The lowest BCUT2D eigenvalue weighted by Gasteiger charge is -2.27. The van der Waals surface area contributed by atoms with Crippen LogP contribution >= 0.6 is 0 Å². The summed E-state index contributed by atoms with van der Waals surface area (Å²) >= 11 is 0. The van der Waals surface area contributed by atoms with Gasteiger partial charge in [-0.25, -0.2) is 4.98 Å². The number of nitrogens with zero attached hydrogens (tertiary/aromatic N) is 3. The molecule has 7 heteroatoms. The normalized spacial score (nSPS) is 19.7. The van der Waals surface area contributed by atoms with Crippen LogP contribution in [-0.2, 0) is 6.54 Å². The molecule has 0 saturated heterocycles. The summed E-state index contributed by atoms with van der Waals surface area (Å²) in [6.07, 6.45) is 5.44. The van der Waals surface area contributed by atoms with Gasteiger partial charge in [-0.15, -0.1) is 0 Å². The quantitative estimate of drug-likeness (QED) is 0.535. The SMILES string of the molecule is COc1ccc2ncn(Cc3ccc4nc(NC5CCCCC5O)oc4c3)c2c1. The van der Waals surface area contributed by atoms with Crippen LogP contribution in [0.25, 0.3) is 22.1 Å². The van der Waals surface area contributed by atoms with Crippen molar-refractivity contribution in [1.82, 2.24) is 14.5 Å². The van der Waals surface area contributed by atoms with Crippen LogP contribution in [0.5, 0.6) is 5.75 Å². The van der Waals surface area contributed by atoms with Crippen LogP contribution in [0.15, 0.2) is 47.1 Å². The number of ether oxygens (including phenoxy) is 1. The van der Waals surface area contributed by atoms with Crippen molar-refractivity contribution in [2.75, 3.05) is 12.4 Å². The molecule has 1 fully saturated rings. The number of imidazole rings is 1. The molecule has 0 aliphatic heterocycles. The number of anilines is 1. The van der Waals surface area contributed by atoms with Gasteiger partial charge in [0, 0.05) is 12.6 Å². The Morgan fingerprint density at radius 2 is 2.03 bits per heavy atom. The lowest BCUT2D eigenvalue weighted by Crippen LogP contribution is -2.36. The average molecular weight is 392 g/mol. The van der Waals surface area contributed by atoms with Crippen LogP contribution in [0.3, 0.4) is 0 Å². The zero-order chi connectivity index (χ0) is 19.8. The third-order valence-electron chi connectivity index (χ3n) is 5.67. The molecule has 2 unspecified atom stereocenters. The molecule has 1 saturated carbocycles. The molecular weight excluding hydrogens is 368 g/mol. The van der Waals surface area contributed by atoms with Crippen molar-refractivity contribution in [2.24, 2.45) is 0 Å². The highest BCUT2D eigenvalue weighted by Crippen LogP contribution is 2.26. The maximum atomic E-state index is 10.2. The summed E-state index contributed by atoms with van der Waals surface area (Å²) in [5.41, 5.74) is 4.59. The molecule has 2 aromatic heterocycles. The number of benzene rings is 2. The lowest BCUT2D eigenvalue weighted by molar-refractivity contribution is 0.115. The number of nitrogens with one attached hydrogen (secondary N) is 1. The monoisotopic (exact) mass is 392 g/mol. The third kappa shape index (κ3) is 3.53. The predicted molar refractivity (Wildman–Crippen MR) is 111 cm³/mol. The van der Waals surface area contributed by atoms with E-state index in [0.717, 1.165) is 59.1 Å². The highest BCUT2D eigenvalue weighted by atomic mass is 16.5. The minimum absolute atomic E-state index is 0.00331. The van der Waals surface area contributed by atoms with E-state index in [2.05, 4.69) is 25.9 Å². The molecule has 1 aliphatic carbocycles. The highest BCUT2D eigenvalue weighted by molar-refractivity contribution is 5.78. The highest BCUT2D eigenvalue weighted by Gasteiger charge is 2.24. The second-order valence-electron chi connectivity index (χ2n) is 7.65. The van der Waals surface area contributed by atoms with Crippen LogP contribution in [0.2, 0.25) is 0 Å². The molecule has 29 heavy (non-hydrogen) atoms. The molecule has 4 aromatic rings. The van der Waals surface area contributed by atoms with Crippen LogP contribution in [0, 0.1) is 0 Å². The van der Waals surface area contributed by atoms with E-state index in [1.54, 1.807) is 7.11 Å². The van der Waals surface area contributed by atoms with E-state index >= 15 is 0 Å². The Morgan fingerprint density at radius 1 is 1.17 bits per heavy atom. The lowest BCUT2D eigenvalue weighted by atomic mass is 9.93. The number of methoxy groups -OCH3 is 1. The largest absolute Gasteiger partial charge is 0.497 e. The van der Waals surface area contributed by atoms with Gasteiger partial charge in [0.1, 0.15) is 11.3 Å². The minimum atomic E-state index is -0.346. The smallest absolute Gasteiger partial charge is 0.295 e. The number of oxazole rings is 1. The zero-order valence-corrected chi connectivity index (χ0v) is 16.3. The minimum Gasteiger partial charge on any atom is -0.497 e. The average Bonchev–Trinajstić information content (AvgIpc) is 3.32. The molecule has 2 N–H and O–H groups in total. The third-order valence-corrected chi connectivity index (χ3v) is 5.67. The molecule has 2 atom stereocenters. The molecule has 0 amide bonds. The number of fused-ring (bicyclic) bond motifs is 2. The van der Waals surface area contributed by atoms with Gasteiger partial charge in [0.15, 0.2) is 5.58 Å². The molecule has 0 bridgehead atoms. The van der Waals surface area contributed by atoms with Gasteiger partial charge in [0.2, 0.25) is 0 Å². The molecule has 0 spiro atoms. The van der Waals surface area contributed by atoms with Crippen molar-refractivity contribution < 1.29 is 14.3 Å². The maximum Gasteiger partial charge on any atom is 0.295 e. The van der Waals surface area contributed by atoms with E-state index in [-0.39, 0.29) is 12.1 Å². The Morgan fingerprint density at radius 3 is 2.90 bits per heavy atom. The fourth-order valence-corrected chi connectivity index (χ4v) is 4.05. The van der Waals surface area contributed by atoms with Crippen molar-refractivity contribution >= 4 is 28.1 Å². The summed E-state index contributed by atoms with van der Waals surface area (Å²) in [6.45, 7) is 0.671. The van der Waals surface area contributed by atoms with Crippen molar-refractivity contribution in [2.45, 2.75) is 44.4 Å². The second kappa shape index (κ2) is 7.40. The van der Waals surface area contributed by atoms with E-state index in [0.29, 0.717) is 12.6 Å². The molecule has 2 aromatic carbocycles. The van der Waals surface area contributed by atoms with Crippen molar-refractivity contribution in [3.05, 3.63) is 48.3 Å². The Kier molecular flexibility index (Phi) is 4.60. The van der Waals surface area contributed by atoms with Gasteiger partial charge >= 0.3 is 0 Å². The first-order chi connectivity index (χ1) is 14.2. The second-order valence-corrected chi connectivity index (χ2v) is 7.65. The number of hydrogen-bond acceptors (Lipinski definition) is 6. The van der Waals surface area contributed by atoms with Crippen LogP contribution in [0.1, 0.15) is 31.2 Å². The Hall–Kier alpha value is -3.06. The Labute approximate surface area is 168 Å². The molecule has 150 valence electrons. The number of hydrogen-bond donors (Lipinski definition) is 2. The molecule has 2 heterocycles. The van der Waals surface area contributed by atoms with Gasteiger partial charge in [0.05, 0.1) is 36.6 Å². The van der Waals surface area contributed by atoms with E-state index in [4.69, 9.17) is 9.15 Å². The first kappa shape index (κ1) is 18.0. The summed E-state index contributed by atoms with van der Waals surface area (Å²) < 4.78 is 13.4. The fourth-order valence-electron chi connectivity index (χ4n) is 4.05. The number of aliphatic hydroxyl groups is 1. The fraction of sp³-hybridized carbons (Fsp3) is 0.364. The van der Waals surface area contributed by atoms with Crippen molar-refractivity contribution in [3.8, 4) is 5.75 Å². The number of aliphatic hydroxyl groups excluding tert-OH is 1. The first-order valence-electron chi connectivity index (χ1n) is 10.0. The van der Waals surface area contributed by atoms with E-state index in [9.17, 15) is 5.11 Å². The zero-order valence-electron chi connectivity index (χ0n) is 16.3. The summed E-state index contributed by atoms with van der Waals surface area (Å²) in [7, 11) is 1.66. The molecule has 0 radical (unpaired) electrons. The summed E-state index contributed by atoms with van der Waals surface area (Å²) in [5.74, 6) is 0.811.